The summed E-state index contributed by atoms with van der Waals surface area (Å²) in [5.74, 6) is 3.50. The summed E-state index contributed by atoms with van der Waals surface area (Å²) in [4.78, 5) is 2.51. The van der Waals surface area contributed by atoms with E-state index in [1.165, 1.54) is 5.56 Å². The molecule has 1 heterocycles. The Balaban J connectivity index is 2.68. The summed E-state index contributed by atoms with van der Waals surface area (Å²) in [5.41, 5.74) is 1.28. The molecule has 0 unspecified atom stereocenters. The maximum Gasteiger partial charge on any atom is 0.118 e. The SMILES string of the molecule is Cc1oc(CN(CC(C)C)CC(C)C)cc1CNC(C)C. The van der Waals surface area contributed by atoms with Crippen molar-refractivity contribution in [2.75, 3.05) is 13.1 Å². The van der Waals surface area contributed by atoms with E-state index in [4.69, 9.17) is 4.42 Å². The van der Waals surface area contributed by atoms with E-state index >= 15 is 0 Å². The minimum atomic E-state index is 0.501. The van der Waals surface area contributed by atoms with E-state index in [9.17, 15) is 0 Å². The smallest absolute Gasteiger partial charge is 0.118 e. The molecule has 0 aliphatic carbocycles. The Kier molecular flexibility index (Phi) is 7.47. The van der Waals surface area contributed by atoms with Gasteiger partial charge in [-0.05, 0) is 24.8 Å². The topological polar surface area (TPSA) is 28.4 Å². The van der Waals surface area contributed by atoms with E-state index < -0.39 is 0 Å². The van der Waals surface area contributed by atoms with E-state index in [2.05, 4.69) is 64.7 Å². The highest BCUT2D eigenvalue weighted by Gasteiger charge is 2.14. The largest absolute Gasteiger partial charge is 0.465 e. The first kappa shape index (κ1) is 18.2. The standard InChI is InChI=1S/C18H34N2O/c1-13(2)10-20(11-14(3)4)12-18-8-17(16(7)21-18)9-19-15(5)6/h8,13-15,19H,9-12H2,1-7H3. The summed E-state index contributed by atoms with van der Waals surface area (Å²) in [6.07, 6.45) is 0. The van der Waals surface area contributed by atoms with Gasteiger partial charge in [0.05, 0.1) is 6.54 Å². The van der Waals surface area contributed by atoms with Crippen LogP contribution in [0, 0.1) is 18.8 Å². The van der Waals surface area contributed by atoms with Crippen molar-refractivity contribution in [2.24, 2.45) is 11.8 Å². The molecule has 0 aromatic carbocycles. The van der Waals surface area contributed by atoms with Crippen LogP contribution in [0.5, 0.6) is 0 Å². The molecule has 1 aromatic rings. The van der Waals surface area contributed by atoms with Crippen LogP contribution in [-0.4, -0.2) is 24.0 Å². The van der Waals surface area contributed by atoms with Crippen molar-refractivity contribution in [3.63, 3.8) is 0 Å². The third-order valence-electron chi connectivity index (χ3n) is 3.40. The van der Waals surface area contributed by atoms with Gasteiger partial charge >= 0.3 is 0 Å². The fourth-order valence-electron chi connectivity index (χ4n) is 2.61. The highest BCUT2D eigenvalue weighted by molar-refractivity contribution is 5.20. The van der Waals surface area contributed by atoms with Crippen LogP contribution in [0.2, 0.25) is 0 Å². The van der Waals surface area contributed by atoms with Crippen LogP contribution in [0.4, 0.5) is 0 Å². The Morgan fingerprint density at radius 1 is 1.05 bits per heavy atom. The van der Waals surface area contributed by atoms with Crippen LogP contribution in [0.25, 0.3) is 0 Å². The van der Waals surface area contributed by atoms with Gasteiger partial charge in [-0.15, -0.1) is 0 Å². The third kappa shape index (κ3) is 7.14. The molecule has 1 aromatic heterocycles. The summed E-state index contributed by atoms with van der Waals surface area (Å²) in [6, 6.07) is 2.72. The second-order valence-corrected chi connectivity index (χ2v) is 7.31. The second kappa shape index (κ2) is 8.60. The van der Waals surface area contributed by atoms with E-state index in [1.54, 1.807) is 0 Å². The lowest BCUT2D eigenvalue weighted by Crippen LogP contribution is -2.30. The Morgan fingerprint density at radius 2 is 1.62 bits per heavy atom. The van der Waals surface area contributed by atoms with Crippen molar-refractivity contribution in [3.05, 3.63) is 23.2 Å². The Labute approximate surface area is 131 Å². The molecule has 0 aliphatic heterocycles. The Morgan fingerprint density at radius 3 is 2.10 bits per heavy atom. The zero-order chi connectivity index (χ0) is 16.0. The number of nitrogens with zero attached hydrogens (tertiary/aromatic N) is 1. The number of rotatable bonds is 9. The molecule has 0 aliphatic rings. The van der Waals surface area contributed by atoms with Crippen molar-refractivity contribution >= 4 is 0 Å². The number of furan rings is 1. The summed E-state index contributed by atoms with van der Waals surface area (Å²) in [7, 11) is 0. The molecule has 21 heavy (non-hydrogen) atoms. The van der Waals surface area contributed by atoms with Gasteiger partial charge in [-0.2, -0.15) is 0 Å². The lowest BCUT2D eigenvalue weighted by Gasteiger charge is -2.25. The van der Waals surface area contributed by atoms with E-state index in [-0.39, 0.29) is 0 Å². The maximum atomic E-state index is 5.96. The highest BCUT2D eigenvalue weighted by atomic mass is 16.3. The van der Waals surface area contributed by atoms with E-state index in [0.29, 0.717) is 17.9 Å². The van der Waals surface area contributed by atoms with Gasteiger partial charge in [-0.3, -0.25) is 4.90 Å². The van der Waals surface area contributed by atoms with Gasteiger partial charge in [-0.1, -0.05) is 41.5 Å². The van der Waals surface area contributed by atoms with Gasteiger partial charge in [0.15, 0.2) is 0 Å². The summed E-state index contributed by atoms with van der Waals surface area (Å²) in [6.45, 7) is 19.6. The monoisotopic (exact) mass is 294 g/mol. The Bertz CT molecular complexity index is 397. The molecule has 0 bridgehead atoms. The molecule has 122 valence electrons. The average molecular weight is 294 g/mol. The molecular weight excluding hydrogens is 260 g/mol. The molecule has 0 amide bonds. The minimum absolute atomic E-state index is 0.501. The lowest BCUT2D eigenvalue weighted by atomic mass is 10.1. The molecule has 0 spiro atoms. The predicted molar refractivity (Wildman–Crippen MR) is 90.4 cm³/mol. The van der Waals surface area contributed by atoms with Crippen LogP contribution in [0.15, 0.2) is 10.5 Å². The van der Waals surface area contributed by atoms with Crippen molar-refractivity contribution in [1.29, 1.82) is 0 Å². The molecule has 3 heteroatoms. The number of hydrogen-bond donors (Lipinski definition) is 1. The first-order valence-corrected chi connectivity index (χ1v) is 8.31. The van der Waals surface area contributed by atoms with Gasteiger partial charge in [0.25, 0.3) is 0 Å². The Hall–Kier alpha value is -0.800. The summed E-state index contributed by atoms with van der Waals surface area (Å²) >= 11 is 0. The average Bonchev–Trinajstić information content (AvgIpc) is 2.65. The maximum absolute atomic E-state index is 5.96. The highest BCUT2D eigenvalue weighted by Crippen LogP contribution is 2.18. The second-order valence-electron chi connectivity index (χ2n) is 7.31. The van der Waals surface area contributed by atoms with Gasteiger partial charge in [0.1, 0.15) is 11.5 Å². The normalized spacial score (nSPS) is 12.3. The minimum Gasteiger partial charge on any atom is -0.465 e. The van der Waals surface area contributed by atoms with E-state index in [1.807, 2.05) is 0 Å². The molecule has 0 atom stereocenters. The zero-order valence-corrected chi connectivity index (χ0v) is 15.0. The molecule has 0 fully saturated rings. The number of hydrogen-bond acceptors (Lipinski definition) is 3. The quantitative estimate of drug-likeness (QED) is 0.740. The molecule has 1 rings (SSSR count). The molecule has 0 saturated carbocycles. The van der Waals surface area contributed by atoms with Gasteiger partial charge < -0.3 is 9.73 Å². The fourth-order valence-corrected chi connectivity index (χ4v) is 2.61. The van der Waals surface area contributed by atoms with Crippen molar-refractivity contribution in [1.82, 2.24) is 10.2 Å². The first-order valence-electron chi connectivity index (χ1n) is 8.31. The van der Waals surface area contributed by atoms with Crippen molar-refractivity contribution < 1.29 is 4.42 Å². The van der Waals surface area contributed by atoms with Crippen LogP contribution < -0.4 is 5.32 Å². The van der Waals surface area contributed by atoms with Gasteiger partial charge in [0, 0.05) is 31.2 Å². The molecular formula is C18H34N2O. The zero-order valence-electron chi connectivity index (χ0n) is 15.0. The van der Waals surface area contributed by atoms with Gasteiger partial charge in [-0.25, -0.2) is 0 Å². The predicted octanol–water partition coefficient (Wildman–Crippen LogP) is 4.20. The molecule has 0 radical (unpaired) electrons. The summed E-state index contributed by atoms with van der Waals surface area (Å²) in [5, 5.41) is 3.46. The van der Waals surface area contributed by atoms with Crippen LogP contribution in [0.1, 0.15) is 58.6 Å². The van der Waals surface area contributed by atoms with Crippen molar-refractivity contribution in [2.45, 2.75) is 67.6 Å². The van der Waals surface area contributed by atoms with Crippen LogP contribution in [0.3, 0.4) is 0 Å². The first-order chi connectivity index (χ1) is 9.77. The number of aryl methyl sites for hydroxylation is 1. The number of nitrogens with one attached hydrogen (secondary N) is 1. The van der Waals surface area contributed by atoms with Crippen LogP contribution in [-0.2, 0) is 13.1 Å². The fraction of sp³-hybridized carbons (Fsp3) is 0.778. The van der Waals surface area contributed by atoms with E-state index in [0.717, 1.165) is 37.7 Å². The molecule has 0 saturated heterocycles. The molecule has 1 N–H and O–H groups in total. The molecule has 3 nitrogen and oxygen atoms in total. The van der Waals surface area contributed by atoms with Crippen LogP contribution >= 0.6 is 0 Å². The third-order valence-corrected chi connectivity index (χ3v) is 3.40. The van der Waals surface area contributed by atoms with Crippen molar-refractivity contribution in [3.8, 4) is 0 Å². The van der Waals surface area contributed by atoms with Gasteiger partial charge in [0.2, 0.25) is 0 Å². The lowest BCUT2D eigenvalue weighted by molar-refractivity contribution is 0.196. The summed E-state index contributed by atoms with van der Waals surface area (Å²) < 4.78 is 5.96.